The number of fused-ring (bicyclic) bond motifs is 1. The molecule has 0 aromatic heterocycles. The Hall–Kier alpha value is -4.00. The summed E-state index contributed by atoms with van der Waals surface area (Å²) in [6.07, 6.45) is 0. The summed E-state index contributed by atoms with van der Waals surface area (Å²) in [7, 11) is 4.51. The lowest BCUT2D eigenvalue weighted by atomic mass is 10.00. The molecule has 2 amide bonds. The number of rotatable bonds is 6. The van der Waals surface area contributed by atoms with Crippen molar-refractivity contribution in [1.29, 1.82) is 0 Å². The third kappa shape index (κ3) is 3.90. The first kappa shape index (κ1) is 20.3. The first-order chi connectivity index (χ1) is 15.0. The molecule has 1 aliphatic rings. The molecule has 0 atom stereocenters. The molecule has 0 saturated heterocycles. The van der Waals surface area contributed by atoms with Gasteiger partial charge in [0.15, 0.2) is 11.5 Å². The van der Waals surface area contributed by atoms with E-state index in [1.807, 2.05) is 42.5 Å². The summed E-state index contributed by atoms with van der Waals surface area (Å²) in [4.78, 5) is 24.7. The van der Waals surface area contributed by atoms with Crippen molar-refractivity contribution in [3.8, 4) is 28.4 Å². The maximum absolute atomic E-state index is 12.8. The third-order valence-corrected chi connectivity index (χ3v) is 5.20. The SMILES string of the molecule is COc1cc(C(=O)Nc2ccc(-c3ccc4c(c3)C(=O)NC4)cc2)cc(OC)c1OC. The molecule has 4 rings (SSSR count). The number of anilines is 1. The van der Waals surface area contributed by atoms with E-state index in [4.69, 9.17) is 14.2 Å². The van der Waals surface area contributed by atoms with E-state index in [1.54, 1.807) is 12.1 Å². The van der Waals surface area contributed by atoms with Crippen LogP contribution in [0.2, 0.25) is 0 Å². The second kappa shape index (κ2) is 8.39. The Balaban J connectivity index is 1.54. The van der Waals surface area contributed by atoms with Gasteiger partial charge in [0.2, 0.25) is 5.75 Å². The van der Waals surface area contributed by atoms with E-state index in [0.29, 0.717) is 40.6 Å². The molecule has 158 valence electrons. The molecule has 0 spiro atoms. The molecular weight excluding hydrogens is 396 g/mol. The largest absolute Gasteiger partial charge is 0.493 e. The summed E-state index contributed by atoms with van der Waals surface area (Å²) in [5, 5.41) is 5.69. The molecule has 0 radical (unpaired) electrons. The standard InChI is InChI=1S/C24H22N2O5/c1-29-20-11-17(12-21(30-2)22(20)31-3)23(27)26-18-8-6-14(7-9-18)15-4-5-16-13-25-24(28)19(16)10-15/h4-12H,13H2,1-3H3,(H,25,28)(H,26,27). The minimum atomic E-state index is -0.304. The third-order valence-electron chi connectivity index (χ3n) is 5.20. The Morgan fingerprint density at radius 3 is 2.13 bits per heavy atom. The van der Waals surface area contributed by atoms with Crippen molar-refractivity contribution in [3.63, 3.8) is 0 Å². The smallest absolute Gasteiger partial charge is 0.255 e. The number of amides is 2. The molecule has 31 heavy (non-hydrogen) atoms. The van der Waals surface area contributed by atoms with E-state index in [1.165, 1.54) is 21.3 Å². The van der Waals surface area contributed by atoms with Gasteiger partial charge in [-0.2, -0.15) is 0 Å². The number of nitrogens with one attached hydrogen (secondary N) is 2. The van der Waals surface area contributed by atoms with Gasteiger partial charge in [-0.1, -0.05) is 24.3 Å². The van der Waals surface area contributed by atoms with Gasteiger partial charge < -0.3 is 24.8 Å². The molecule has 0 bridgehead atoms. The molecule has 0 unspecified atom stereocenters. The maximum atomic E-state index is 12.8. The van der Waals surface area contributed by atoms with Crippen LogP contribution < -0.4 is 24.8 Å². The lowest BCUT2D eigenvalue weighted by Gasteiger charge is -2.14. The van der Waals surface area contributed by atoms with E-state index < -0.39 is 0 Å². The minimum absolute atomic E-state index is 0.0499. The summed E-state index contributed by atoms with van der Waals surface area (Å²) < 4.78 is 15.9. The average molecular weight is 418 g/mol. The van der Waals surface area contributed by atoms with E-state index >= 15 is 0 Å². The summed E-state index contributed by atoms with van der Waals surface area (Å²) in [5.41, 5.74) is 4.62. The summed E-state index contributed by atoms with van der Waals surface area (Å²) in [6.45, 7) is 0.570. The number of carbonyl (C=O) groups is 2. The van der Waals surface area contributed by atoms with Gasteiger partial charge in [-0.3, -0.25) is 9.59 Å². The number of hydrogen-bond acceptors (Lipinski definition) is 5. The van der Waals surface area contributed by atoms with Crippen molar-refractivity contribution in [2.24, 2.45) is 0 Å². The number of benzene rings is 3. The van der Waals surface area contributed by atoms with E-state index in [9.17, 15) is 9.59 Å². The first-order valence-electron chi connectivity index (χ1n) is 9.67. The highest BCUT2D eigenvalue weighted by Gasteiger charge is 2.19. The zero-order chi connectivity index (χ0) is 22.0. The fourth-order valence-electron chi connectivity index (χ4n) is 3.55. The number of carbonyl (C=O) groups excluding carboxylic acids is 2. The van der Waals surface area contributed by atoms with Crippen LogP contribution in [0, 0.1) is 0 Å². The number of ether oxygens (including phenoxy) is 3. The van der Waals surface area contributed by atoms with Crippen LogP contribution in [0.25, 0.3) is 11.1 Å². The van der Waals surface area contributed by atoms with Gasteiger partial charge in [0.1, 0.15) is 0 Å². The van der Waals surface area contributed by atoms with Crippen molar-refractivity contribution < 1.29 is 23.8 Å². The molecule has 0 saturated carbocycles. The molecule has 2 N–H and O–H groups in total. The van der Waals surface area contributed by atoms with Crippen LogP contribution in [0.15, 0.2) is 54.6 Å². The van der Waals surface area contributed by atoms with Gasteiger partial charge >= 0.3 is 0 Å². The van der Waals surface area contributed by atoms with Crippen LogP contribution in [-0.2, 0) is 6.54 Å². The van der Waals surface area contributed by atoms with Gasteiger partial charge in [-0.25, -0.2) is 0 Å². The van der Waals surface area contributed by atoms with Crippen LogP contribution in [0.5, 0.6) is 17.2 Å². The van der Waals surface area contributed by atoms with Crippen LogP contribution in [-0.4, -0.2) is 33.1 Å². The van der Waals surface area contributed by atoms with Gasteiger partial charge in [0, 0.05) is 23.4 Å². The first-order valence-corrected chi connectivity index (χ1v) is 9.67. The lowest BCUT2D eigenvalue weighted by molar-refractivity contribution is 0.0964. The van der Waals surface area contributed by atoms with Gasteiger partial charge in [-0.05, 0) is 47.0 Å². The Morgan fingerprint density at radius 2 is 1.52 bits per heavy atom. The van der Waals surface area contributed by atoms with E-state index in [0.717, 1.165) is 16.7 Å². The highest BCUT2D eigenvalue weighted by molar-refractivity contribution is 6.05. The molecule has 0 fully saturated rings. The predicted molar refractivity (Wildman–Crippen MR) is 117 cm³/mol. The Labute approximate surface area is 179 Å². The molecule has 7 nitrogen and oxygen atoms in total. The van der Waals surface area contributed by atoms with Gasteiger partial charge in [0.05, 0.1) is 21.3 Å². The van der Waals surface area contributed by atoms with E-state index in [-0.39, 0.29) is 11.8 Å². The Kier molecular flexibility index (Phi) is 5.49. The average Bonchev–Trinajstić information content (AvgIpc) is 3.18. The Morgan fingerprint density at radius 1 is 0.871 bits per heavy atom. The highest BCUT2D eigenvalue weighted by atomic mass is 16.5. The quantitative estimate of drug-likeness (QED) is 0.635. The maximum Gasteiger partial charge on any atom is 0.255 e. The second-order valence-corrected chi connectivity index (χ2v) is 7.00. The molecule has 1 aliphatic heterocycles. The van der Waals surface area contributed by atoms with Gasteiger partial charge in [0.25, 0.3) is 11.8 Å². The van der Waals surface area contributed by atoms with E-state index in [2.05, 4.69) is 10.6 Å². The van der Waals surface area contributed by atoms with Crippen molar-refractivity contribution >= 4 is 17.5 Å². The molecule has 3 aromatic carbocycles. The molecule has 0 aliphatic carbocycles. The summed E-state index contributed by atoms with van der Waals surface area (Å²) >= 11 is 0. The summed E-state index contributed by atoms with van der Waals surface area (Å²) in [5.74, 6) is 0.882. The zero-order valence-electron chi connectivity index (χ0n) is 17.4. The topological polar surface area (TPSA) is 85.9 Å². The lowest BCUT2D eigenvalue weighted by Crippen LogP contribution is -2.12. The fraction of sp³-hybridized carbons (Fsp3) is 0.167. The van der Waals surface area contributed by atoms with Gasteiger partial charge in [-0.15, -0.1) is 0 Å². The normalized spacial score (nSPS) is 12.0. The van der Waals surface area contributed by atoms with Crippen LogP contribution in [0.4, 0.5) is 5.69 Å². The predicted octanol–water partition coefficient (Wildman–Crippen LogP) is 3.88. The summed E-state index contributed by atoms with van der Waals surface area (Å²) in [6, 6.07) is 16.5. The monoisotopic (exact) mass is 418 g/mol. The fourth-order valence-corrected chi connectivity index (χ4v) is 3.55. The van der Waals surface area contributed by atoms with Crippen molar-refractivity contribution in [2.75, 3.05) is 26.6 Å². The van der Waals surface area contributed by atoms with Crippen molar-refractivity contribution in [3.05, 3.63) is 71.3 Å². The molecule has 3 aromatic rings. The number of hydrogen-bond donors (Lipinski definition) is 2. The van der Waals surface area contributed by atoms with Crippen LogP contribution in [0.1, 0.15) is 26.3 Å². The van der Waals surface area contributed by atoms with Crippen LogP contribution in [0.3, 0.4) is 0 Å². The highest BCUT2D eigenvalue weighted by Crippen LogP contribution is 2.38. The second-order valence-electron chi connectivity index (χ2n) is 7.00. The zero-order valence-corrected chi connectivity index (χ0v) is 17.4. The molecular formula is C24H22N2O5. The van der Waals surface area contributed by atoms with Crippen molar-refractivity contribution in [2.45, 2.75) is 6.54 Å². The van der Waals surface area contributed by atoms with Crippen LogP contribution >= 0.6 is 0 Å². The molecule has 1 heterocycles. The molecule has 7 heteroatoms. The Bertz CT molecular complexity index is 1130. The number of methoxy groups -OCH3 is 3. The minimum Gasteiger partial charge on any atom is -0.493 e. The van der Waals surface area contributed by atoms with Crippen molar-refractivity contribution in [1.82, 2.24) is 5.32 Å².